The summed E-state index contributed by atoms with van der Waals surface area (Å²) < 4.78 is 6.48. The molecule has 0 aliphatic carbocycles. The van der Waals surface area contributed by atoms with E-state index in [1.54, 1.807) is 7.11 Å². The van der Waals surface area contributed by atoms with Crippen LogP contribution in [0.4, 0.5) is 0 Å². The summed E-state index contributed by atoms with van der Waals surface area (Å²) in [4.78, 5) is 15.6. The number of hydrogen-bond acceptors (Lipinski definition) is 4. The Labute approximate surface area is 145 Å². The van der Waals surface area contributed by atoms with Crippen LogP contribution in [0.3, 0.4) is 0 Å². The van der Waals surface area contributed by atoms with Gasteiger partial charge in [-0.25, -0.2) is 0 Å². The van der Waals surface area contributed by atoms with Gasteiger partial charge in [0.05, 0.1) is 7.11 Å². The highest BCUT2D eigenvalue weighted by Crippen LogP contribution is 2.38. The van der Waals surface area contributed by atoms with Crippen LogP contribution in [-0.4, -0.2) is 43.6 Å². The molecule has 1 fully saturated rings. The average Bonchev–Trinajstić information content (AvgIpc) is 3.15. The number of thiophene rings is 1. The van der Waals surface area contributed by atoms with Crippen LogP contribution in [0, 0.1) is 0 Å². The Kier molecular flexibility index (Phi) is 5.09. The largest absolute Gasteiger partial charge is 0.494 e. The third kappa shape index (κ3) is 3.32. The van der Waals surface area contributed by atoms with E-state index in [1.807, 2.05) is 18.2 Å². The first-order valence-corrected chi connectivity index (χ1v) is 9.11. The van der Waals surface area contributed by atoms with Crippen LogP contribution in [0.25, 0.3) is 10.1 Å². The van der Waals surface area contributed by atoms with E-state index in [4.69, 9.17) is 16.3 Å². The summed E-state index contributed by atoms with van der Waals surface area (Å²) in [5, 5.41) is 4.61. The number of likely N-dealkylation sites (tertiary alicyclic amines) is 1. The number of carbonyl (C=O) groups is 1. The zero-order valence-electron chi connectivity index (χ0n) is 13.4. The first-order valence-electron chi connectivity index (χ1n) is 7.92. The number of fused-ring (bicyclic) bond motifs is 1. The molecule has 2 heterocycles. The van der Waals surface area contributed by atoms with Crippen molar-refractivity contribution in [1.82, 2.24) is 10.2 Å². The lowest BCUT2D eigenvalue weighted by molar-refractivity contribution is 0.0943. The quantitative estimate of drug-likeness (QED) is 0.890. The predicted molar refractivity (Wildman–Crippen MR) is 96.0 cm³/mol. The van der Waals surface area contributed by atoms with Crippen molar-refractivity contribution in [2.75, 3.05) is 26.7 Å². The Morgan fingerprint density at radius 2 is 2.35 bits per heavy atom. The molecule has 6 heteroatoms. The zero-order chi connectivity index (χ0) is 16.4. The number of nitrogens with one attached hydrogen (secondary N) is 1. The minimum atomic E-state index is -0.0675. The van der Waals surface area contributed by atoms with Crippen molar-refractivity contribution >= 4 is 38.9 Å². The molecule has 1 unspecified atom stereocenters. The lowest BCUT2D eigenvalue weighted by Crippen LogP contribution is -2.39. The van der Waals surface area contributed by atoms with Crippen LogP contribution in [0.2, 0.25) is 5.02 Å². The van der Waals surface area contributed by atoms with E-state index in [0.717, 1.165) is 29.6 Å². The molecule has 1 aromatic carbocycles. The van der Waals surface area contributed by atoms with Gasteiger partial charge in [0, 0.05) is 27.7 Å². The summed E-state index contributed by atoms with van der Waals surface area (Å²) in [5.74, 6) is 0.547. The lowest BCUT2D eigenvalue weighted by Gasteiger charge is -2.22. The molecule has 4 nitrogen and oxygen atoms in total. The van der Waals surface area contributed by atoms with Gasteiger partial charge in [-0.2, -0.15) is 0 Å². The third-order valence-corrected chi connectivity index (χ3v) is 5.80. The summed E-state index contributed by atoms with van der Waals surface area (Å²) in [6.45, 7) is 5.01. The van der Waals surface area contributed by atoms with Crippen LogP contribution in [0.15, 0.2) is 18.2 Å². The lowest BCUT2D eigenvalue weighted by atomic mass is 10.2. The average molecular weight is 353 g/mol. The van der Waals surface area contributed by atoms with Gasteiger partial charge < -0.3 is 10.1 Å². The molecule has 0 saturated carbocycles. The van der Waals surface area contributed by atoms with Crippen molar-refractivity contribution in [3.05, 3.63) is 28.1 Å². The summed E-state index contributed by atoms with van der Waals surface area (Å²) in [7, 11) is 1.59. The minimum absolute atomic E-state index is 0.0675. The van der Waals surface area contributed by atoms with Crippen LogP contribution < -0.4 is 10.1 Å². The summed E-state index contributed by atoms with van der Waals surface area (Å²) in [6, 6.07) is 6.05. The number of nitrogens with zero attached hydrogens (tertiary/aromatic N) is 1. The Hall–Kier alpha value is -1.30. The van der Waals surface area contributed by atoms with Gasteiger partial charge in [-0.05, 0) is 44.1 Å². The first kappa shape index (κ1) is 16.6. The Bertz CT molecular complexity index is 716. The Balaban J connectivity index is 1.78. The maximum atomic E-state index is 12.6. The van der Waals surface area contributed by atoms with Gasteiger partial charge in [0.2, 0.25) is 0 Å². The number of hydrogen-bond donors (Lipinski definition) is 1. The molecule has 0 spiro atoms. The second-order valence-corrected chi connectivity index (χ2v) is 7.23. The topological polar surface area (TPSA) is 41.6 Å². The molecule has 23 heavy (non-hydrogen) atoms. The third-order valence-electron chi connectivity index (χ3n) is 4.42. The second-order valence-electron chi connectivity index (χ2n) is 5.74. The molecule has 1 amide bonds. The van der Waals surface area contributed by atoms with E-state index in [9.17, 15) is 4.79 Å². The van der Waals surface area contributed by atoms with Crippen molar-refractivity contribution in [3.8, 4) is 5.75 Å². The maximum absolute atomic E-state index is 12.6. The van der Waals surface area contributed by atoms with Gasteiger partial charge in [-0.15, -0.1) is 11.3 Å². The van der Waals surface area contributed by atoms with E-state index < -0.39 is 0 Å². The zero-order valence-corrected chi connectivity index (χ0v) is 15.0. The van der Waals surface area contributed by atoms with Gasteiger partial charge in [0.15, 0.2) is 0 Å². The molecule has 1 aromatic heterocycles. The Morgan fingerprint density at radius 3 is 3.09 bits per heavy atom. The van der Waals surface area contributed by atoms with E-state index in [2.05, 4.69) is 17.1 Å². The number of benzene rings is 1. The maximum Gasteiger partial charge on any atom is 0.265 e. The van der Waals surface area contributed by atoms with Gasteiger partial charge in [0.25, 0.3) is 5.91 Å². The normalized spacial score (nSPS) is 18.5. The highest BCUT2D eigenvalue weighted by molar-refractivity contribution is 7.21. The van der Waals surface area contributed by atoms with Gasteiger partial charge in [0.1, 0.15) is 10.6 Å². The number of methoxy groups -OCH3 is 1. The van der Waals surface area contributed by atoms with Crippen molar-refractivity contribution in [2.24, 2.45) is 0 Å². The molecule has 124 valence electrons. The number of ether oxygens (including phenoxy) is 1. The molecular formula is C17H21ClN2O2S. The number of likely N-dealkylation sites (N-methyl/N-ethyl adjacent to an activating group) is 1. The molecular weight excluding hydrogens is 332 g/mol. The molecule has 0 bridgehead atoms. The Morgan fingerprint density at radius 1 is 1.52 bits per heavy atom. The highest BCUT2D eigenvalue weighted by Gasteiger charge is 2.25. The van der Waals surface area contributed by atoms with Gasteiger partial charge >= 0.3 is 0 Å². The molecule has 3 rings (SSSR count). The summed E-state index contributed by atoms with van der Waals surface area (Å²) in [5.41, 5.74) is 0. The first-order chi connectivity index (χ1) is 11.1. The fraction of sp³-hybridized carbons (Fsp3) is 0.471. The molecule has 1 aliphatic heterocycles. The molecule has 0 radical (unpaired) electrons. The summed E-state index contributed by atoms with van der Waals surface area (Å²) >= 11 is 7.50. The minimum Gasteiger partial charge on any atom is -0.494 e. The second kappa shape index (κ2) is 7.07. The SMILES string of the molecule is CCN1CCCC1CNC(=O)c1sc2ccc(Cl)cc2c1OC. The number of amides is 1. The highest BCUT2D eigenvalue weighted by atomic mass is 35.5. The fourth-order valence-electron chi connectivity index (χ4n) is 3.23. The van der Waals surface area contributed by atoms with E-state index in [0.29, 0.717) is 28.2 Å². The van der Waals surface area contributed by atoms with Crippen molar-refractivity contribution in [2.45, 2.75) is 25.8 Å². The van der Waals surface area contributed by atoms with Crippen molar-refractivity contribution in [3.63, 3.8) is 0 Å². The fourth-order valence-corrected chi connectivity index (χ4v) is 4.47. The number of carbonyl (C=O) groups excluding carboxylic acids is 1. The number of halogens is 1. The van der Waals surface area contributed by atoms with Crippen molar-refractivity contribution < 1.29 is 9.53 Å². The van der Waals surface area contributed by atoms with E-state index in [-0.39, 0.29) is 5.91 Å². The molecule has 1 aliphatic rings. The summed E-state index contributed by atoms with van der Waals surface area (Å²) in [6.07, 6.45) is 2.35. The standard InChI is InChI=1S/C17H21ClN2O2S/c1-3-20-8-4-5-12(20)10-19-17(21)16-15(22-2)13-9-11(18)6-7-14(13)23-16/h6-7,9,12H,3-5,8,10H2,1-2H3,(H,19,21). The molecule has 2 aromatic rings. The van der Waals surface area contributed by atoms with Gasteiger partial charge in [-0.1, -0.05) is 18.5 Å². The number of rotatable bonds is 5. The van der Waals surface area contributed by atoms with E-state index in [1.165, 1.54) is 17.8 Å². The van der Waals surface area contributed by atoms with E-state index >= 15 is 0 Å². The van der Waals surface area contributed by atoms with Crippen LogP contribution in [0.1, 0.15) is 29.4 Å². The van der Waals surface area contributed by atoms with Crippen LogP contribution in [0.5, 0.6) is 5.75 Å². The van der Waals surface area contributed by atoms with Crippen molar-refractivity contribution in [1.29, 1.82) is 0 Å². The smallest absolute Gasteiger partial charge is 0.265 e. The predicted octanol–water partition coefficient (Wildman–Crippen LogP) is 3.78. The van der Waals surface area contributed by atoms with Gasteiger partial charge in [-0.3, -0.25) is 9.69 Å². The molecule has 1 saturated heterocycles. The van der Waals surface area contributed by atoms with Crippen LogP contribution >= 0.6 is 22.9 Å². The molecule has 1 atom stereocenters. The van der Waals surface area contributed by atoms with Crippen LogP contribution in [-0.2, 0) is 0 Å². The monoisotopic (exact) mass is 352 g/mol. The molecule has 1 N–H and O–H groups in total.